The lowest BCUT2D eigenvalue weighted by atomic mass is 10.2. The highest BCUT2D eigenvalue weighted by Crippen LogP contribution is 2.07. The van der Waals surface area contributed by atoms with Gasteiger partial charge in [-0.2, -0.15) is 5.10 Å². The maximum Gasteiger partial charge on any atom is 0.0666 e. The second-order valence-electron chi connectivity index (χ2n) is 5.73. The minimum Gasteiger partial charge on any atom is -0.311 e. The topological polar surface area (TPSA) is 33.1 Å². The van der Waals surface area contributed by atoms with Crippen molar-refractivity contribution in [2.24, 2.45) is 7.05 Å². The summed E-state index contributed by atoms with van der Waals surface area (Å²) >= 11 is 0. The van der Waals surface area contributed by atoms with Gasteiger partial charge >= 0.3 is 0 Å². The van der Waals surface area contributed by atoms with Crippen molar-refractivity contribution in [2.75, 3.05) is 13.1 Å². The average molecular weight is 266 g/mol. The van der Waals surface area contributed by atoms with E-state index in [0.717, 1.165) is 26.1 Å². The van der Waals surface area contributed by atoms with Crippen molar-refractivity contribution in [3.8, 4) is 0 Å². The summed E-state index contributed by atoms with van der Waals surface area (Å²) in [6, 6.07) is 1.21. The van der Waals surface area contributed by atoms with E-state index in [1.807, 2.05) is 11.7 Å². The summed E-state index contributed by atoms with van der Waals surface area (Å²) in [6.07, 6.45) is 3.12. The molecule has 0 atom stereocenters. The second kappa shape index (κ2) is 7.65. The Balaban J connectivity index is 2.37. The van der Waals surface area contributed by atoms with Crippen LogP contribution < -0.4 is 5.32 Å². The first-order valence-corrected chi connectivity index (χ1v) is 7.43. The number of nitrogens with zero attached hydrogens (tertiary/aromatic N) is 3. The minimum atomic E-state index is 0.603. The molecule has 4 nitrogen and oxygen atoms in total. The summed E-state index contributed by atoms with van der Waals surface area (Å²) in [6.45, 7) is 14.2. The van der Waals surface area contributed by atoms with Crippen molar-refractivity contribution in [1.29, 1.82) is 0 Å². The molecule has 1 rings (SSSR count). The zero-order valence-corrected chi connectivity index (χ0v) is 13.4. The second-order valence-corrected chi connectivity index (χ2v) is 5.73. The zero-order chi connectivity index (χ0) is 14.4. The Morgan fingerprint density at radius 2 is 1.89 bits per heavy atom. The normalized spacial score (nSPS) is 12.1. The largest absolute Gasteiger partial charge is 0.311 e. The van der Waals surface area contributed by atoms with Gasteiger partial charge in [0.25, 0.3) is 0 Å². The Morgan fingerprint density at radius 1 is 1.26 bits per heavy atom. The number of aryl methyl sites for hydroxylation is 2. The van der Waals surface area contributed by atoms with Crippen LogP contribution in [0.5, 0.6) is 0 Å². The first-order chi connectivity index (χ1) is 8.95. The van der Waals surface area contributed by atoms with Crippen LogP contribution in [-0.4, -0.2) is 39.9 Å². The molecule has 0 aliphatic rings. The van der Waals surface area contributed by atoms with Gasteiger partial charge in [0, 0.05) is 50.5 Å². The average Bonchev–Trinajstić information content (AvgIpc) is 2.68. The number of hydrogen-bond acceptors (Lipinski definition) is 3. The Morgan fingerprint density at radius 3 is 2.42 bits per heavy atom. The van der Waals surface area contributed by atoms with Crippen molar-refractivity contribution < 1.29 is 0 Å². The molecule has 0 bridgehead atoms. The lowest BCUT2D eigenvalue weighted by molar-refractivity contribution is 0.176. The molecule has 0 radical (unpaired) electrons. The Kier molecular flexibility index (Phi) is 6.52. The van der Waals surface area contributed by atoms with Gasteiger partial charge in [0.2, 0.25) is 0 Å². The van der Waals surface area contributed by atoms with Crippen LogP contribution in [0.3, 0.4) is 0 Å². The van der Waals surface area contributed by atoms with Gasteiger partial charge in [-0.15, -0.1) is 0 Å². The number of rotatable bonds is 8. The summed E-state index contributed by atoms with van der Waals surface area (Å²) in [5, 5.41) is 8.00. The highest BCUT2D eigenvalue weighted by Gasteiger charge is 2.12. The smallest absolute Gasteiger partial charge is 0.0666 e. The van der Waals surface area contributed by atoms with Crippen LogP contribution in [0.15, 0.2) is 6.20 Å². The van der Waals surface area contributed by atoms with Crippen LogP contribution in [0.25, 0.3) is 0 Å². The number of hydrogen-bond donors (Lipinski definition) is 1. The van der Waals surface area contributed by atoms with Gasteiger partial charge in [-0.25, -0.2) is 0 Å². The van der Waals surface area contributed by atoms with Crippen LogP contribution in [0.2, 0.25) is 0 Å². The summed E-state index contributed by atoms with van der Waals surface area (Å²) in [4.78, 5) is 2.51. The van der Waals surface area contributed by atoms with Gasteiger partial charge in [-0.3, -0.25) is 9.58 Å². The van der Waals surface area contributed by atoms with Crippen LogP contribution in [0.4, 0.5) is 0 Å². The fourth-order valence-electron chi connectivity index (χ4n) is 2.57. The predicted molar refractivity (Wildman–Crippen MR) is 81.3 cm³/mol. The molecule has 1 heterocycles. The van der Waals surface area contributed by atoms with Gasteiger partial charge in [-0.1, -0.05) is 6.92 Å². The molecule has 0 saturated heterocycles. The third kappa shape index (κ3) is 4.96. The molecule has 1 N–H and O–H groups in total. The van der Waals surface area contributed by atoms with Crippen molar-refractivity contribution in [1.82, 2.24) is 20.0 Å². The molecule has 110 valence electrons. The van der Waals surface area contributed by atoms with Gasteiger partial charge in [-0.05, 0) is 34.1 Å². The van der Waals surface area contributed by atoms with Gasteiger partial charge in [0.1, 0.15) is 0 Å². The Labute approximate surface area is 118 Å². The van der Waals surface area contributed by atoms with Gasteiger partial charge in [0.05, 0.1) is 5.69 Å². The predicted octanol–water partition coefficient (Wildman–Crippen LogP) is 2.19. The van der Waals surface area contributed by atoms with E-state index >= 15 is 0 Å². The summed E-state index contributed by atoms with van der Waals surface area (Å²) in [5.41, 5.74) is 2.53. The standard InChI is InChI=1S/C15H30N4/c1-7-15-14(11-18(6)17-15)10-16-8-9-19(12(2)3)13(4)5/h11-13,16H,7-10H2,1-6H3. The lowest BCUT2D eigenvalue weighted by Crippen LogP contribution is -2.41. The highest BCUT2D eigenvalue weighted by molar-refractivity contribution is 5.16. The van der Waals surface area contributed by atoms with E-state index in [0.29, 0.717) is 12.1 Å². The fourth-order valence-corrected chi connectivity index (χ4v) is 2.57. The van der Waals surface area contributed by atoms with E-state index in [-0.39, 0.29) is 0 Å². The summed E-state index contributed by atoms with van der Waals surface area (Å²) in [7, 11) is 1.99. The Bertz CT molecular complexity index is 360. The zero-order valence-electron chi connectivity index (χ0n) is 13.4. The van der Waals surface area contributed by atoms with Crippen molar-refractivity contribution in [2.45, 2.75) is 59.7 Å². The van der Waals surface area contributed by atoms with E-state index < -0.39 is 0 Å². The fraction of sp³-hybridized carbons (Fsp3) is 0.800. The molecule has 0 aliphatic heterocycles. The molecule has 0 aromatic carbocycles. The molecular formula is C15H30N4. The first kappa shape index (κ1) is 16.2. The monoisotopic (exact) mass is 266 g/mol. The van der Waals surface area contributed by atoms with E-state index in [1.54, 1.807) is 0 Å². The lowest BCUT2D eigenvalue weighted by Gasteiger charge is -2.30. The maximum absolute atomic E-state index is 4.47. The van der Waals surface area contributed by atoms with Crippen molar-refractivity contribution >= 4 is 0 Å². The molecule has 0 amide bonds. The third-order valence-corrected chi connectivity index (χ3v) is 3.52. The van der Waals surface area contributed by atoms with E-state index in [4.69, 9.17) is 0 Å². The maximum atomic E-state index is 4.47. The first-order valence-electron chi connectivity index (χ1n) is 7.43. The van der Waals surface area contributed by atoms with Crippen LogP contribution in [-0.2, 0) is 20.0 Å². The molecule has 0 spiro atoms. The molecule has 0 unspecified atom stereocenters. The number of aromatic nitrogens is 2. The van der Waals surface area contributed by atoms with Crippen LogP contribution >= 0.6 is 0 Å². The minimum absolute atomic E-state index is 0.603. The molecule has 0 saturated carbocycles. The van der Waals surface area contributed by atoms with E-state index in [2.05, 4.69) is 56.1 Å². The molecular weight excluding hydrogens is 236 g/mol. The third-order valence-electron chi connectivity index (χ3n) is 3.52. The summed E-state index contributed by atoms with van der Waals surface area (Å²) in [5.74, 6) is 0. The van der Waals surface area contributed by atoms with Gasteiger partial charge < -0.3 is 5.32 Å². The molecule has 4 heteroatoms. The highest BCUT2D eigenvalue weighted by atomic mass is 15.3. The molecule has 0 aliphatic carbocycles. The Hall–Kier alpha value is -0.870. The van der Waals surface area contributed by atoms with Crippen LogP contribution in [0, 0.1) is 0 Å². The molecule has 1 aromatic rings. The number of nitrogens with one attached hydrogen (secondary N) is 1. The molecule has 0 fully saturated rings. The van der Waals surface area contributed by atoms with E-state index in [1.165, 1.54) is 11.3 Å². The van der Waals surface area contributed by atoms with Crippen LogP contribution in [0.1, 0.15) is 45.9 Å². The summed E-state index contributed by atoms with van der Waals surface area (Å²) < 4.78 is 1.91. The van der Waals surface area contributed by atoms with E-state index in [9.17, 15) is 0 Å². The molecule has 1 aromatic heterocycles. The SMILES string of the molecule is CCc1nn(C)cc1CNCCN(C(C)C)C(C)C. The van der Waals surface area contributed by atoms with Crippen molar-refractivity contribution in [3.63, 3.8) is 0 Å². The van der Waals surface area contributed by atoms with Gasteiger partial charge in [0.15, 0.2) is 0 Å². The van der Waals surface area contributed by atoms with Crippen molar-refractivity contribution in [3.05, 3.63) is 17.5 Å². The quantitative estimate of drug-likeness (QED) is 0.732. The molecule has 19 heavy (non-hydrogen) atoms.